The van der Waals surface area contributed by atoms with Crippen LogP contribution >= 0.6 is 11.3 Å². The topological polar surface area (TPSA) is 40.5 Å². The number of aliphatic carboxylic acids is 1. The van der Waals surface area contributed by atoms with E-state index in [-0.39, 0.29) is 0 Å². The van der Waals surface area contributed by atoms with Crippen molar-refractivity contribution >= 4 is 22.3 Å². The summed E-state index contributed by atoms with van der Waals surface area (Å²) in [5, 5.41) is 10.6. The van der Waals surface area contributed by atoms with E-state index < -0.39 is 11.4 Å². The van der Waals surface area contributed by atoms with Crippen molar-refractivity contribution in [3.63, 3.8) is 0 Å². The van der Waals surface area contributed by atoms with Crippen molar-refractivity contribution in [2.24, 2.45) is 0 Å². The number of hydrogen-bond donors (Lipinski definition) is 1. The highest BCUT2D eigenvalue weighted by molar-refractivity contribution is 7.16. The van der Waals surface area contributed by atoms with Crippen LogP contribution in [-0.4, -0.2) is 25.2 Å². The van der Waals surface area contributed by atoms with Gasteiger partial charge in [0.2, 0.25) is 0 Å². The molecule has 3 nitrogen and oxygen atoms in total. The zero-order valence-corrected chi connectivity index (χ0v) is 10.5. The Kier molecular flexibility index (Phi) is 2.93. The average molecular weight is 239 g/mol. The summed E-state index contributed by atoms with van der Waals surface area (Å²) in [5.41, 5.74) is -0.598. The molecule has 1 saturated carbocycles. The minimum Gasteiger partial charge on any atom is -0.481 e. The molecule has 1 heterocycles. The summed E-state index contributed by atoms with van der Waals surface area (Å²) in [7, 11) is 3.97. The zero-order valence-electron chi connectivity index (χ0n) is 9.69. The fraction of sp³-hybridized carbons (Fsp3) is 0.583. The van der Waals surface area contributed by atoms with E-state index in [0.717, 1.165) is 35.6 Å². The second kappa shape index (κ2) is 4.09. The largest absolute Gasteiger partial charge is 0.481 e. The van der Waals surface area contributed by atoms with Crippen LogP contribution < -0.4 is 4.90 Å². The predicted octanol–water partition coefficient (Wildman–Crippen LogP) is 2.71. The van der Waals surface area contributed by atoms with E-state index in [0.29, 0.717) is 0 Å². The SMILES string of the molecule is CN(C)c1ccc(C2(C(=O)O)CCCC2)s1. The Morgan fingerprint density at radius 1 is 1.38 bits per heavy atom. The first-order valence-electron chi connectivity index (χ1n) is 5.57. The van der Waals surface area contributed by atoms with Crippen molar-refractivity contribution in [3.8, 4) is 0 Å². The molecule has 0 aromatic carbocycles. The molecule has 88 valence electrons. The van der Waals surface area contributed by atoms with Crippen molar-refractivity contribution in [3.05, 3.63) is 17.0 Å². The van der Waals surface area contributed by atoms with Gasteiger partial charge in [-0.1, -0.05) is 12.8 Å². The molecule has 0 saturated heterocycles. The van der Waals surface area contributed by atoms with E-state index >= 15 is 0 Å². The van der Waals surface area contributed by atoms with E-state index in [1.807, 2.05) is 31.1 Å². The fourth-order valence-electron chi connectivity index (χ4n) is 2.37. The highest BCUT2D eigenvalue weighted by Crippen LogP contribution is 2.45. The molecule has 2 rings (SSSR count). The maximum atomic E-state index is 11.5. The number of thiophene rings is 1. The molecule has 1 aliphatic rings. The molecule has 4 heteroatoms. The first-order valence-corrected chi connectivity index (χ1v) is 6.39. The highest BCUT2D eigenvalue weighted by atomic mass is 32.1. The summed E-state index contributed by atoms with van der Waals surface area (Å²) in [5.74, 6) is -0.655. The first-order chi connectivity index (χ1) is 7.56. The van der Waals surface area contributed by atoms with E-state index in [2.05, 4.69) is 0 Å². The van der Waals surface area contributed by atoms with Crippen LogP contribution in [0.25, 0.3) is 0 Å². The number of anilines is 1. The standard InChI is InChI=1S/C12H17NO2S/c1-13(2)10-6-5-9(16-10)12(11(14)15)7-3-4-8-12/h5-6H,3-4,7-8H2,1-2H3,(H,14,15). The third-order valence-corrected chi connectivity index (χ3v) is 4.83. The average Bonchev–Trinajstić information content (AvgIpc) is 2.87. The Morgan fingerprint density at radius 2 is 2.00 bits per heavy atom. The van der Waals surface area contributed by atoms with Gasteiger partial charge >= 0.3 is 5.97 Å². The molecular weight excluding hydrogens is 222 g/mol. The van der Waals surface area contributed by atoms with Crippen LogP contribution in [0.3, 0.4) is 0 Å². The summed E-state index contributed by atoms with van der Waals surface area (Å²) in [6.45, 7) is 0. The summed E-state index contributed by atoms with van der Waals surface area (Å²) >= 11 is 1.61. The highest BCUT2D eigenvalue weighted by Gasteiger charge is 2.44. The van der Waals surface area contributed by atoms with Crippen molar-refractivity contribution in [2.45, 2.75) is 31.1 Å². The Labute approximate surface area is 99.7 Å². The minimum atomic E-state index is -0.655. The van der Waals surface area contributed by atoms with E-state index in [1.165, 1.54) is 0 Å². The van der Waals surface area contributed by atoms with Crippen molar-refractivity contribution in [1.29, 1.82) is 0 Å². The fourth-order valence-corrected chi connectivity index (χ4v) is 3.54. The summed E-state index contributed by atoms with van der Waals surface area (Å²) in [4.78, 5) is 14.5. The molecule has 0 spiro atoms. The number of carbonyl (C=O) groups is 1. The van der Waals surface area contributed by atoms with Gasteiger partial charge in [0.05, 0.1) is 5.00 Å². The van der Waals surface area contributed by atoms with Crippen LogP contribution in [0.1, 0.15) is 30.6 Å². The molecule has 0 bridgehead atoms. The molecule has 0 amide bonds. The molecule has 0 atom stereocenters. The Hall–Kier alpha value is -1.03. The molecular formula is C12H17NO2S. The molecule has 16 heavy (non-hydrogen) atoms. The molecule has 1 aromatic heterocycles. The van der Waals surface area contributed by atoms with Crippen LogP contribution in [0.4, 0.5) is 5.00 Å². The van der Waals surface area contributed by atoms with Crippen molar-refractivity contribution in [1.82, 2.24) is 0 Å². The van der Waals surface area contributed by atoms with Crippen LogP contribution in [0.5, 0.6) is 0 Å². The summed E-state index contributed by atoms with van der Waals surface area (Å²) in [6, 6.07) is 4.00. The second-order valence-corrected chi connectivity index (χ2v) is 5.69. The molecule has 1 N–H and O–H groups in total. The normalized spacial score (nSPS) is 18.6. The molecule has 1 aliphatic carbocycles. The van der Waals surface area contributed by atoms with Gasteiger partial charge < -0.3 is 10.0 Å². The lowest BCUT2D eigenvalue weighted by Gasteiger charge is -2.22. The molecule has 1 fully saturated rings. The monoisotopic (exact) mass is 239 g/mol. The minimum absolute atomic E-state index is 0.598. The summed E-state index contributed by atoms with van der Waals surface area (Å²) < 4.78 is 0. The number of rotatable bonds is 3. The molecule has 0 unspecified atom stereocenters. The maximum Gasteiger partial charge on any atom is 0.314 e. The number of carboxylic acids is 1. The van der Waals surface area contributed by atoms with Crippen LogP contribution in [0, 0.1) is 0 Å². The number of carboxylic acid groups (broad SMARTS) is 1. The van der Waals surface area contributed by atoms with Gasteiger partial charge in [-0.3, -0.25) is 4.79 Å². The third-order valence-electron chi connectivity index (χ3n) is 3.37. The summed E-state index contributed by atoms with van der Waals surface area (Å²) in [6.07, 6.45) is 3.63. The van der Waals surface area contributed by atoms with E-state index in [1.54, 1.807) is 11.3 Å². The van der Waals surface area contributed by atoms with Crippen molar-refractivity contribution in [2.75, 3.05) is 19.0 Å². The lowest BCUT2D eigenvalue weighted by atomic mass is 9.85. The third kappa shape index (κ3) is 1.71. The lowest BCUT2D eigenvalue weighted by molar-refractivity contribution is -0.143. The van der Waals surface area contributed by atoms with Gasteiger partial charge in [0.1, 0.15) is 5.41 Å². The van der Waals surface area contributed by atoms with Gasteiger partial charge in [0.25, 0.3) is 0 Å². The van der Waals surface area contributed by atoms with E-state index in [4.69, 9.17) is 0 Å². The van der Waals surface area contributed by atoms with Gasteiger partial charge in [0, 0.05) is 19.0 Å². The molecule has 1 aromatic rings. The van der Waals surface area contributed by atoms with Gasteiger partial charge in [-0.25, -0.2) is 0 Å². The van der Waals surface area contributed by atoms with Crippen LogP contribution in [-0.2, 0) is 10.2 Å². The first kappa shape index (κ1) is 11.5. The van der Waals surface area contributed by atoms with E-state index in [9.17, 15) is 9.90 Å². The maximum absolute atomic E-state index is 11.5. The zero-order chi connectivity index (χ0) is 11.8. The second-order valence-electron chi connectivity index (χ2n) is 4.63. The quantitative estimate of drug-likeness (QED) is 0.881. The Balaban J connectivity index is 2.36. The molecule has 0 aliphatic heterocycles. The number of nitrogens with zero attached hydrogens (tertiary/aromatic N) is 1. The Bertz CT molecular complexity index is 391. The van der Waals surface area contributed by atoms with Gasteiger partial charge in [-0.05, 0) is 25.0 Å². The van der Waals surface area contributed by atoms with Gasteiger partial charge in [-0.2, -0.15) is 0 Å². The van der Waals surface area contributed by atoms with Crippen LogP contribution in [0.2, 0.25) is 0 Å². The predicted molar refractivity (Wildman–Crippen MR) is 66.4 cm³/mol. The Morgan fingerprint density at radius 3 is 2.44 bits per heavy atom. The number of hydrogen-bond acceptors (Lipinski definition) is 3. The smallest absolute Gasteiger partial charge is 0.314 e. The van der Waals surface area contributed by atoms with Gasteiger partial charge in [-0.15, -0.1) is 11.3 Å². The van der Waals surface area contributed by atoms with Crippen LogP contribution in [0.15, 0.2) is 12.1 Å². The van der Waals surface area contributed by atoms with Crippen molar-refractivity contribution < 1.29 is 9.90 Å². The molecule has 0 radical (unpaired) electrons. The van der Waals surface area contributed by atoms with Gasteiger partial charge in [0.15, 0.2) is 0 Å². The lowest BCUT2D eigenvalue weighted by Crippen LogP contribution is -2.31.